The summed E-state index contributed by atoms with van der Waals surface area (Å²) in [6, 6.07) is 26.1. The van der Waals surface area contributed by atoms with Crippen molar-refractivity contribution in [3.05, 3.63) is 107 Å². The second kappa shape index (κ2) is 11.8. The lowest BCUT2D eigenvalue weighted by atomic mass is 10.1. The SMILES string of the molecule is CC(=O)Nc1cc(=O)n(CC(=O)NC(Cc2ccccc2)C(=O)O)c(-c2ccccc2)n1.c1cc2cc-2c1. The van der Waals surface area contributed by atoms with Gasteiger partial charge in [-0.25, -0.2) is 9.78 Å². The molecular weight excluding hydrogens is 484 g/mol. The molecule has 9 heteroatoms. The molecule has 1 atom stereocenters. The summed E-state index contributed by atoms with van der Waals surface area (Å²) >= 11 is 0. The van der Waals surface area contributed by atoms with E-state index in [2.05, 4.69) is 39.9 Å². The quantitative estimate of drug-likeness (QED) is 0.294. The molecular formula is C29H26N4O5. The lowest BCUT2D eigenvalue weighted by molar-refractivity contribution is -0.141. The van der Waals surface area contributed by atoms with Crippen LogP contribution in [0.15, 0.2) is 95.8 Å². The van der Waals surface area contributed by atoms with Gasteiger partial charge in [-0.15, -0.1) is 0 Å². The molecule has 3 N–H and O–H groups in total. The van der Waals surface area contributed by atoms with Gasteiger partial charge in [0.25, 0.3) is 5.56 Å². The van der Waals surface area contributed by atoms with Gasteiger partial charge in [0.2, 0.25) is 11.8 Å². The Balaban J connectivity index is 0.000000483. The molecule has 2 aromatic carbocycles. The summed E-state index contributed by atoms with van der Waals surface area (Å²) in [4.78, 5) is 52.8. The van der Waals surface area contributed by atoms with E-state index < -0.39 is 35.9 Å². The summed E-state index contributed by atoms with van der Waals surface area (Å²) in [7, 11) is 0. The Morgan fingerprint density at radius 3 is 2.00 bits per heavy atom. The Hall–Kier alpha value is -5.05. The number of carboxylic acids is 1. The van der Waals surface area contributed by atoms with Crippen LogP contribution in [-0.4, -0.2) is 38.5 Å². The molecule has 9 nitrogen and oxygen atoms in total. The van der Waals surface area contributed by atoms with Crippen molar-refractivity contribution >= 4 is 23.6 Å². The second-order valence-electron chi connectivity index (χ2n) is 8.67. The minimum Gasteiger partial charge on any atom is -0.480 e. The van der Waals surface area contributed by atoms with E-state index in [1.54, 1.807) is 54.6 Å². The number of nitrogens with one attached hydrogen (secondary N) is 2. The highest BCUT2D eigenvalue weighted by molar-refractivity contribution is 5.88. The molecule has 0 spiro atoms. The van der Waals surface area contributed by atoms with Crippen LogP contribution in [0.25, 0.3) is 22.5 Å². The van der Waals surface area contributed by atoms with Gasteiger partial charge in [-0.05, 0) is 22.8 Å². The highest BCUT2D eigenvalue weighted by Crippen LogP contribution is 2.32. The number of carbonyl (C=O) groups excluding carboxylic acids is 2. The molecule has 0 saturated heterocycles. The van der Waals surface area contributed by atoms with Gasteiger partial charge in [0.05, 0.1) is 0 Å². The summed E-state index contributed by atoms with van der Waals surface area (Å²) in [6.45, 7) is 0.858. The molecule has 0 saturated carbocycles. The fourth-order valence-electron chi connectivity index (χ4n) is 3.82. The number of anilines is 1. The molecule has 1 unspecified atom stereocenters. The minimum atomic E-state index is -1.18. The van der Waals surface area contributed by atoms with Crippen LogP contribution in [0.3, 0.4) is 0 Å². The van der Waals surface area contributed by atoms with Crippen LogP contribution < -0.4 is 16.2 Å². The molecule has 2 aliphatic carbocycles. The van der Waals surface area contributed by atoms with Gasteiger partial charge in [0, 0.05) is 25.0 Å². The summed E-state index contributed by atoms with van der Waals surface area (Å²) in [5, 5.41) is 14.5. The Kier molecular flexibility index (Phi) is 8.07. The van der Waals surface area contributed by atoms with E-state index in [1.165, 1.54) is 18.1 Å². The fourth-order valence-corrected chi connectivity index (χ4v) is 3.82. The first-order valence-electron chi connectivity index (χ1n) is 11.9. The zero-order valence-corrected chi connectivity index (χ0v) is 20.6. The van der Waals surface area contributed by atoms with Crippen molar-refractivity contribution in [2.45, 2.75) is 25.9 Å². The fraction of sp³-hybridized carbons (Fsp3) is 0.138. The van der Waals surface area contributed by atoms with Gasteiger partial charge >= 0.3 is 5.97 Å². The van der Waals surface area contributed by atoms with Crippen molar-refractivity contribution in [1.82, 2.24) is 14.9 Å². The number of rotatable bonds is 8. The lowest BCUT2D eigenvalue weighted by Gasteiger charge is -2.17. The predicted octanol–water partition coefficient (Wildman–Crippen LogP) is 3.35. The zero-order chi connectivity index (χ0) is 27.1. The average Bonchev–Trinajstić information content (AvgIpc) is 3.50. The van der Waals surface area contributed by atoms with E-state index in [9.17, 15) is 24.3 Å². The van der Waals surface area contributed by atoms with Crippen molar-refractivity contribution < 1.29 is 19.5 Å². The summed E-state index contributed by atoms with van der Waals surface area (Å²) in [5.41, 5.74) is 3.60. The Labute approximate surface area is 218 Å². The molecule has 0 radical (unpaired) electrons. The van der Waals surface area contributed by atoms with Crippen LogP contribution in [0.1, 0.15) is 12.5 Å². The van der Waals surface area contributed by atoms with Gasteiger partial charge in [-0.3, -0.25) is 19.0 Å². The topological polar surface area (TPSA) is 130 Å². The van der Waals surface area contributed by atoms with Crippen molar-refractivity contribution in [3.8, 4) is 22.5 Å². The molecule has 1 heterocycles. The first-order valence-corrected chi connectivity index (χ1v) is 11.9. The number of amides is 2. The number of carbonyl (C=O) groups is 3. The highest BCUT2D eigenvalue weighted by Gasteiger charge is 2.22. The minimum absolute atomic E-state index is 0.0606. The lowest BCUT2D eigenvalue weighted by Crippen LogP contribution is -2.44. The standard InChI is InChI=1S/C23H22N4O5.C6H4/c1-15(28)24-19-13-21(30)27(22(26-19)17-10-6-3-7-11-17)14-20(29)25-18(23(31)32)12-16-8-4-2-5-9-16;1-2-5-4-6(5)3-1/h2-11,13,18H,12,14H2,1H3,(H,24,28)(H,25,29)(H,31,32);1-4H. The Morgan fingerprint density at radius 2 is 1.47 bits per heavy atom. The third kappa shape index (κ3) is 7.01. The van der Waals surface area contributed by atoms with E-state index in [-0.39, 0.29) is 18.1 Å². The zero-order valence-electron chi connectivity index (χ0n) is 20.6. The molecule has 0 bridgehead atoms. The summed E-state index contributed by atoms with van der Waals surface area (Å²) < 4.78 is 1.14. The molecule has 0 aliphatic heterocycles. The van der Waals surface area contributed by atoms with Crippen LogP contribution >= 0.6 is 0 Å². The van der Waals surface area contributed by atoms with Crippen LogP contribution in [0.5, 0.6) is 0 Å². The van der Waals surface area contributed by atoms with Crippen LogP contribution in [0.4, 0.5) is 5.82 Å². The molecule has 0 fully saturated rings. The predicted molar refractivity (Wildman–Crippen MR) is 143 cm³/mol. The van der Waals surface area contributed by atoms with E-state index in [4.69, 9.17) is 0 Å². The summed E-state index contributed by atoms with van der Waals surface area (Å²) in [5.74, 6) is -1.99. The van der Waals surface area contributed by atoms with E-state index in [0.717, 1.165) is 16.2 Å². The first kappa shape index (κ1) is 26.0. The monoisotopic (exact) mass is 510 g/mol. The van der Waals surface area contributed by atoms with Crippen LogP contribution in [0, 0.1) is 0 Å². The number of carboxylic acid groups (broad SMARTS) is 1. The van der Waals surface area contributed by atoms with Crippen LogP contribution in [-0.2, 0) is 27.3 Å². The van der Waals surface area contributed by atoms with Crippen molar-refractivity contribution in [3.63, 3.8) is 0 Å². The molecule has 192 valence electrons. The van der Waals surface area contributed by atoms with E-state index in [0.29, 0.717) is 5.56 Å². The van der Waals surface area contributed by atoms with Crippen molar-refractivity contribution in [1.29, 1.82) is 0 Å². The average molecular weight is 511 g/mol. The summed E-state index contributed by atoms with van der Waals surface area (Å²) in [6.07, 6.45) is 0.0993. The third-order valence-corrected chi connectivity index (χ3v) is 5.67. The molecule has 3 aromatic rings. The number of aromatic nitrogens is 2. The van der Waals surface area contributed by atoms with Gasteiger partial charge in [-0.1, -0.05) is 78.9 Å². The number of hydrogen-bond donors (Lipinski definition) is 3. The maximum absolute atomic E-state index is 12.7. The smallest absolute Gasteiger partial charge is 0.326 e. The second-order valence-corrected chi connectivity index (χ2v) is 8.67. The maximum atomic E-state index is 12.7. The van der Waals surface area contributed by atoms with Gasteiger partial charge in [0.1, 0.15) is 24.2 Å². The maximum Gasteiger partial charge on any atom is 0.326 e. The molecule has 1 aromatic heterocycles. The van der Waals surface area contributed by atoms with Gasteiger partial charge < -0.3 is 15.7 Å². The number of benzene rings is 3. The Bertz CT molecular complexity index is 1500. The van der Waals surface area contributed by atoms with Crippen molar-refractivity contribution in [2.75, 3.05) is 5.32 Å². The number of nitrogens with zero attached hydrogens (tertiary/aromatic N) is 2. The molecule has 38 heavy (non-hydrogen) atoms. The van der Waals surface area contributed by atoms with E-state index in [1.807, 2.05) is 6.07 Å². The van der Waals surface area contributed by atoms with Crippen LogP contribution in [0.2, 0.25) is 0 Å². The Morgan fingerprint density at radius 1 is 0.868 bits per heavy atom. The van der Waals surface area contributed by atoms with Crippen molar-refractivity contribution in [2.24, 2.45) is 0 Å². The number of fused-ring (bicyclic) bond motifs is 1. The highest BCUT2D eigenvalue weighted by atomic mass is 16.4. The molecule has 2 amide bonds. The van der Waals surface area contributed by atoms with E-state index >= 15 is 0 Å². The third-order valence-electron chi connectivity index (χ3n) is 5.67. The largest absolute Gasteiger partial charge is 0.480 e. The molecule has 5 rings (SSSR count). The van der Waals surface area contributed by atoms with Gasteiger partial charge in [-0.2, -0.15) is 0 Å². The molecule has 2 aliphatic rings. The first-order chi connectivity index (χ1) is 18.3. The number of aliphatic carboxylic acids is 1. The van der Waals surface area contributed by atoms with Gasteiger partial charge in [0.15, 0.2) is 0 Å². The normalized spacial score (nSPS) is 11.4. The number of hydrogen-bond acceptors (Lipinski definition) is 5.